The number of nitrogens with one attached hydrogen (secondary N) is 1. The van der Waals surface area contributed by atoms with Crippen LogP contribution in [-0.4, -0.2) is 57.1 Å². The predicted octanol–water partition coefficient (Wildman–Crippen LogP) is 4.82. The lowest BCUT2D eigenvalue weighted by Gasteiger charge is -2.28. The van der Waals surface area contributed by atoms with Gasteiger partial charge in [-0.1, -0.05) is 48.8 Å². The first-order chi connectivity index (χ1) is 16.4. The van der Waals surface area contributed by atoms with Gasteiger partial charge in [-0.05, 0) is 37.5 Å². The Morgan fingerprint density at radius 3 is 2.74 bits per heavy atom. The van der Waals surface area contributed by atoms with Crippen molar-refractivity contribution in [1.29, 1.82) is 0 Å². The molecule has 1 saturated heterocycles. The molecule has 8 nitrogen and oxygen atoms in total. The number of benzene rings is 1. The van der Waals surface area contributed by atoms with E-state index in [2.05, 4.69) is 29.2 Å². The standard InChI is InChI=1S/C23H28Cl2N6O2S/c1-15(2)34-23-28-21(30-9-4-3-5-10-30)17-13-27-31(22(17)29-23)11-8-26-20(32)14-33-19-7-6-16(24)12-18(19)25/h6-7,12-13,15H,3-5,8-11,14H2,1-2H3,(H,26,32). The summed E-state index contributed by atoms with van der Waals surface area (Å²) < 4.78 is 7.32. The van der Waals surface area contributed by atoms with E-state index in [9.17, 15) is 4.79 Å². The molecule has 11 heteroatoms. The van der Waals surface area contributed by atoms with E-state index in [1.54, 1.807) is 30.0 Å². The van der Waals surface area contributed by atoms with Crippen LogP contribution < -0.4 is 15.0 Å². The largest absolute Gasteiger partial charge is 0.482 e. The Hall–Kier alpha value is -2.23. The molecule has 1 N–H and O–H groups in total. The van der Waals surface area contributed by atoms with E-state index in [0.29, 0.717) is 34.1 Å². The summed E-state index contributed by atoms with van der Waals surface area (Å²) in [7, 11) is 0. The van der Waals surface area contributed by atoms with Gasteiger partial charge in [0.05, 0.1) is 23.2 Å². The van der Waals surface area contributed by atoms with Gasteiger partial charge in [0, 0.05) is 29.9 Å². The lowest BCUT2D eigenvalue weighted by atomic mass is 10.1. The molecule has 2 aromatic heterocycles. The highest BCUT2D eigenvalue weighted by atomic mass is 35.5. The van der Waals surface area contributed by atoms with E-state index in [4.69, 9.17) is 37.9 Å². The Kier molecular flexibility index (Phi) is 8.39. The van der Waals surface area contributed by atoms with E-state index in [1.165, 1.54) is 19.3 Å². The molecule has 0 saturated carbocycles. The molecule has 4 rings (SSSR count). The van der Waals surface area contributed by atoms with E-state index in [1.807, 2.05) is 10.9 Å². The number of hydrogen-bond acceptors (Lipinski definition) is 7. The van der Waals surface area contributed by atoms with Gasteiger partial charge >= 0.3 is 0 Å². The zero-order valence-corrected chi connectivity index (χ0v) is 21.6. The van der Waals surface area contributed by atoms with Crippen LogP contribution >= 0.6 is 35.0 Å². The van der Waals surface area contributed by atoms with Crippen molar-refractivity contribution in [1.82, 2.24) is 25.1 Å². The number of carbonyl (C=O) groups is 1. The third-order valence-electron chi connectivity index (χ3n) is 5.35. The highest BCUT2D eigenvalue weighted by Gasteiger charge is 2.20. The van der Waals surface area contributed by atoms with Crippen molar-refractivity contribution in [3.05, 3.63) is 34.4 Å². The Balaban J connectivity index is 1.41. The number of halogens is 2. The predicted molar refractivity (Wildman–Crippen MR) is 137 cm³/mol. The Morgan fingerprint density at radius 2 is 2.00 bits per heavy atom. The van der Waals surface area contributed by atoms with Gasteiger partial charge in [0.1, 0.15) is 11.6 Å². The fourth-order valence-electron chi connectivity index (χ4n) is 3.78. The van der Waals surface area contributed by atoms with Crippen molar-refractivity contribution in [3.63, 3.8) is 0 Å². The third kappa shape index (κ3) is 6.25. The summed E-state index contributed by atoms with van der Waals surface area (Å²) in [5.41, 5.74) is 0.789. The van der Waals surface area contributed by atoms with Crippen LogP contribution in [0.25, 0.3) is 11.0 Å². The van der Waals surface area contributed by atoms with Gasteiger partial charge < -0.3 is 15.0 Å². The number of nitrogens with zero attached hydrogens (tertiary/aromatic N) is 5. The van der Waals surface area contributed by atoms with Crippen molar-refractivity contribution < 1.29 is 9.53 Å². The van der Waals surface area contributed by atoms with Crippen LogP contribution in [0.1, 0.15) is 33.1 Å². The summed E-state index contributed by atoms with van der Waals surface area (Å²) in [6.07, 6.45) is 5.42. The molecule has 0 spiro atoms. The van der Waals surface area contributed by atoms with Gasteiger partial charge in [0.25, 0.3) is 5.91 Å². The van der Waals surface area contributed by atoms with Crippen LogP contribution in [0, 0.1) is 0 Å². The van der Waals surface area contributed by atoms with Gasteiger partial charge in [0.2, 0.25) is 0 Å². The maximum atomic E-state index is 12.3. The van der Waals surface area contributed by atoms with Gasteiger partial charge in [-0.2, -0.15) is 5.10 Å². The minimum atomic E-state index is -0.248. The second-order valence-electron chi connectivity index (χ2n) is 8.36. The number of anilines is 1. The minimum Gasteiger partial charge on any atom is -0.482 e. The number of hydrogen-bond donors (Lipinski definition) is 1. The average molecular weight is 523 g/mol. The maximum absolute atomic E-state index is 12.3. The molecule has 0 aliphatic carbocycles. The number of aromatic nitrogens is 4. The smallest absolute Gasteiger partial charge is 0.258 e. The number of piperidine rings is 1. The number of carbonyl (C=O) groups excluding carboxylic acids is 1. The van der Waals surface area contributed by atoms with E-state index < -0.39 is 0 Å². The number of thioether (sulfide) groups is 1. The van der Waals surface area contributed by atoms with Gasteiger partial charge in [-0.3, -0.25) is 4.79 Å². The fraction of sp³-hybridized carbons (Fsp3) is 0.478. The van der Waals surface area contributed by atoms with Crippen LogP contribution in [0.3, 0.4) is 0 Å². The average Bonchev–Trinajstić information content (AvgIpc) is 3.21. The third-order valence-corrected chi connectivity index (χ3v) is 6.75. The molecule has 0 bridgehead atoms. The monoisotopic (exact) mass is 522 g/mol. The SMILES string of the molecule is CC(C)Sc1nc(N2CCCCC2)c2cnn(CCNC(=O)COc3ccc(Cl)cc3Cl)c2n1. The second-order valence-corrected chi connectivity index (χ2v) is 10.7. The summed E-state index contributed by atoms with van der Waals surface area (Å²) in [6, 6.07) is 4.88. The quantitative estimate of drug-likeness (QED) is 0.318. The highest BCUT2D eigenvalue weighted by Crippen LogP contribution is 2.30. The normalized spacial score (nSPS) is 14.1. The van der Waals surface area contributed by atoms with E-state index >= 15 is 0 Å². The molecule has 1 fully saturated rings. The molecular formula is C23H28Cl2N6O2S. The molecule has 1 amide bonds. The number of fused-ring (bicyclic) bond motifs is 1. The first kappa shape index (κ1) is 24.9. The Bertz CT molecular complexity index is 1150. The van der Waals surface area contributed by atoms with Gasteiger partial charge in [0.15, 0.2) is 17.4 Å². The van der Waals surface area contributed by atoms with Crippen LogP contribution in [0.15, 0.2) is 29.6 Å². The van der Waals surface area contributed by atoms with Crippen molar-refractivity contribution in [2.45, 2.75) is 50.1 Å². The molecule has 1 aliphatic heterocycles. The van der Waals surface area contributed by atoms with E-state index in [0.717, 1.165) is 35.1 Å². The van der Waals surface area contributed by atoms with Crippen LogP contribution in [0.4, 0.5) is 5.82 Å². The molecule has 0 radical (unpaired) electrons. The van der Waals surface area contributed by atoms with Gasteiger partial charge in [-0.15, -0.1) is 0 Å². The first-order valence-electron chi connectivity index (χ1n) is 11.4. The molecule has 0 atom stereocenters. The fourth-order valence-corrected chi connectivity index (χ4v) is 4.95. The van der Waals surface area contributed by atoms with E-state index in [-0.39, 0.29) is 12.5 Å². The molecule has 3 aromatic rings. The van der Waals surface area contributed by atoms with Crippen molar-refractivity contribution in [3.8, 4) is 5.75 Å². The van der Waals surface area contributed by atoms with Crippen molar-refractivity contribution in [2.24, 2.45) is 0 Å². The molecule has 1 aromatic carbocycles. The zero-order chi connectivity index (χ0) is 24.1. The minimum absolute atomic E-state index is 0.141. The molecular weight excluding hydrogens is 495 g/mol. The summed E-state index contributed by atoms with van der Waals surface area (Å²) >= 11 is 13.6. The number of ether oxygens (including phenoxy) is 1. The lowest BCUT2D eigenvalue weighted by Crippen LogP contribution is -2.32. The zero-order valence-electron chi connectivity index (χ0n) is 19.3. The summed E-state index contributed by atoms with van der Waals surface area (Å²) in [5.74, 6) is 1.12. The molecule has 3 heterocycles. The maximum Gasteiger partial charge on any atom is 0.258 e. The van der Waals surface area contributed by atoms with Gasteiger partial charge in [-0.25, -0.2) is 14.6 Å². The topological polar surface area (TPSA) is 85.2 Å². The molecule has 0 unspecified atom stereocenters. The summed E-state index contributed by atoms with van der Waals surface area (Å²) in [6.45, 7) is 6.99. The first-order valence-corrected chi connectivity index (χ1v) is 13.0. The molecule has 182 valence electrons. The highest BCUT2D eigenvalue weighted by molar-refractivity contribution is 7.99. The molecule has 34 heavy (non-hydrogen) atoms. The summed E-state index contributed by atoms with van der Waals surface area (Å²) in [5, 5.41) is 10.3. The summed E-state index contributed by atoms with van der Waals surface area (Å²) in [4.78, 5) is 24.2. The van der Waals surface area contributed by atoms with Crippen LogP contribution in [0.2, 0.25) is 10.0 Å². The van der Waals surface area contributed by atoms with Crippen molar-refractivity contribution in [2.75, 3.05) is 31.1 Å². The number of rotatable bonds is 9. The second kappa shape index (κ2) is 11.5. The Labute approximate surface area is 213 Å². The van der Waals surface area contributed by atoms with Crippen LogP contribution in [-0.2, 0) is 11.3 Å². The Morgan fingerprint density at radius 1 is 1.21 bits per heavy atom. The van der Waals surface area contributed by atoms with Crippen LogP contribution in [0.5, 0.6) is 5.75 Å². The number of amides is 1. The lowest BCUT2D eigenvalue weighted by molar-refractivity contribution is -0.123. The molecule has 1 aliphatic rings. The van der Waals surface area contributed by atoms with Crippen molar-refractivity contribution >= 4 is 57.7 Å².